The van der Waals surface area contributed by atoms with Gasteiger partial charge in [-0.05, 0) is 24.3 Å². The van der Waals surface area contributed by atoms with Crippen LogP contribution in [0, 0.1) is 0 Å². The number of para-hydroxylation sites is 3. The largest absolute Gasteiger partial charge is 0.455 e. The lowest BCUT2D eigenvalue weighted by Gasteiger charge is -2.12. The summed E-state index contributed by atoms with van der Waals surface area (Å²) < 4.78 is 5.87. The lowest BCUT2D eigenvalue weighted by atomic mass is 10.3. The van der Waals surface area contributed by atoms with Gasteiger partial charge in [-0.1, -0.05) is 30.3 Å². The van der Waals surface area contributed by atoms with Crippen LogP contribution < -0.4 is 15.8 Å². The molecular formula is C16H14N4O. The Labute approximate surface area is 122 Å². The van der Waals surface area contributed by atoms with Crippen LogP contribution in [-0.2, 0) is 0 Å². The molecule has 0 unspecified atom stereocenters. The van der Waals surface area contributed by atoms with E-state index in [1.165, 1.54) is 6.33 Å². The number of nitrogens with two attached hydrogens (primary N) is 1. The topological polar surface area (TPSA) is 73.1 Å². The fourth-order valence-electron chi connectivity index (χ4n) is 1.85. The van der Waals surface area contributed by atoms with E-state index in [0.717, 1.165) is 11.4 Å². The van der Waals surface area contributed by atoms with Crippen LogP contribution in [0.25, 0.3) is 0 Å². The first-order valence-corrected chi connectivity index (χ1v) is 6.48. The maximum absolute atomic E-state index is 5.87. The molecule has 0 bridgehead atoms. The van der Waals surface area contributed by atoms with Gasteiger partial charge in [-0.15, -0.1) is 0 Å². The van der Waals surface area contributed by atoms with Crippen molar-refractivity contribution in [3.63, 3.8) is 0 Å². The first-order valence-electron chi connectivity index (χ1n) is 6.48. The van der Waals surface area contributed by atoms with Crippen molar-refractivity contribution in [1.29, 1.82) is 0 Å². The normalized spacial score (nSPS) is 10.1. The molecule has 3 rings (SSSR count). The summed E-state index contributed by atoms with van der Waals surface area (Å²) in [6, 6.07) is 18.9. The average Bonchev–Trinajstić information content (AvgIpc) is 2.50. The van der Waals surface area contributed by atoms with Crippen molar-refractivity contribution in [3.8, 4) is 11.5 Å². The van der Waals surface area contributed by atoms with E-state index in [4.69, 9.17) is 10.5 Å². The van der Waals surface area contributed by atoms with Gasteiger partial charge in [-0.2, -0.15) is 0 Å². The van der Waals surface area contributed by atoms with Crippen LogP contribution in [0.15, 0.2) is 67.0 Å². The smallest absolute Gasteiger partial charge is 0.150 e. The number of nitrogens with zero attached hydrogens (tertiary/aromatic N) is 2. The third kappa shape index (κ3) is 3.27. The highest BCUT2D eigenvalue weighted by Crippen LogP contribution is 2.30. The molecule has 0 radical (unpaired) electrons. The van der Waals surface area contributed by atoms with Crippen LogP contribution >= 0.6 is 0 Å². The first kappa shape index (κ1) is 12.9. The van der Waals surface area contributed by atoms with E-state index in [0.29, 0.717) is 17.4 Å². The summed E-state index contributed by atoms with van der Waals surface area (Å²) in [5, 5.41) is 3.18. The summed E-state index contributed by atoms with van der Waals surface area (Å²) in [5.41, 5.74) is 6.46. The van der Waals surface area contributed by atoms with E-state index >= 15 is 0 Å². The van der Waals surface area contributed by atoms with Crippen molar-refractivity contribution < 1.29 is 4.74 Å². The van der Waals surface area contributed by atoms with Crippen molar-refractivity contribution >= 4 is 17.3 Å². The van der Waals surface area contributed by atoms with Gasteiger partial charge >= 0.3 is 0 Å². The number of rotatable bonds is 4. The standard InChI is InChI=1S/C16H14N4O/c17-15-10-16(19-11-18-15)20-13-8-4-5-9-14(13)21-12-6-2-1-3-7-12/h1-11H,(H3,17,18,19,20). The molecule has 3 aromatic rings. The molecular weight excluding hydrogens is 264 g/mol. The Kier molecular flexibility index (Phi) is 3.64. The highest BCUT2D eigenvalue weighted by atomic mass is 16.5. The maximum atomic E-state index is 5.87. The van der Waals surface area contributed by atoms with Crippen molar-refractivity contribution in [3.05, 3.63) is 67.0 Å². The van der Waals surface area contributed by atoms with Gasteiger partial charge in [0.05, 0.1) is 5.69 Å². The average molecular weight is 278 g/mol. The van der Waals surface area contributed by atoms with Crippen LogP contribution in [0.3, 0.4) is 0 Å². The number of ether oxygens (including phenoxy) is 1. The second kappa shape index (κ2) is 5.92. The third-order valence-electron chi connectivity index (χ3n) is 2.81. The second-order valence-corrected chi connectivity index (χ2v) is 4.36. The summed E-state index contributed by atoms with van der Waals surface area (Å²) in [5.74, 6) is 2.51. The van der Waals surface area contributed by atoms with Gasteiger partial charge < -0.3 is 15.8 Å². The van der Waals surface area contributed by atoms with Gasteiger partial charge in [0.2, 0.25) is 0 Å². The van der Waals surface area contributed by atoms with Gasteiger partial charge in [-0.3, -0.25) is 0 Å². The number of benzene rings is 2. The first-order chi connectivity index (χ1) is 10.3. The van der Waals surface area contributed by atoms with Crippen LogP contribution in [0.4, 0.5) is 17.3 Å². The van der Waals surface area contributed by atoms with Gasteiger partial charge in [-0.25, -0.2) is 9.97 Å². The summed E-state index contributed by atoms with van der Waals surface area (Å²) in [4.78, 5) is 7.99. The lowest BCUT2D eigenvalue weighted by molar-refractivity contribution is 0.485. The minimum Gasteiger partial charge on any atom is -0.455 e. The summed E-state index contributed by atoms with van der Waals surface area (Å²) in [6.45, 7) is 0. The van der Waals surface area contributed by atoms with Crippen molar-refractivity contribution in [2.75, 3.05) is 11.1 Å². The zero-order valence-electron chi connectivity index (χ0n) is 11.2. The molecule has 0 aliphatic rings. The number of hydrogen-bond acceptors (Lipinski definition) is 5. The molecule has 2 aromatic carbocycles. The molecule has 1 heterocycles. The van der Waals surface area contributed by atoms with Crippen molar-refractivity contribution in [1.82, 2.24) is 9.97 Å². The Hall–Kier alpha value is -3.08. The Bertz CT molecular complexity index is 731. The zero-order valence-corrected chi connectivity index (χ0v) is 11.2. The monoisotopic (exact) mass is 278 g/mol. The Balaban J connectivity index is 1.86. The highest BCUT2D eigenvalue weighted by molar-refractivity contribution is 5.65. The van der Waals surface area contributed by atoms with Crippen molar-refractivity contribution in [2.24, 2.45) is 0 Å². The molecule has 3 N–H and O–H groups in total. The molecule has 0 atom stereocenters. The van der Waals surface area contributed by atoms with Gasteiger partial charge in [0.15, 0.2) is 5.75 Å². The molecule has 104 valence electrons. The molecule has 0 spiro atoms. The molecule has 0 amide bonds. The van der Waals surface area contributed by atoms with Crippen LogP contribution in [0.2, 0.25) is 0 Å². The highest BCUT2D eigenvalue weighted by Gasteiger charge is 2.05. The Morgan fingerprint density at radius 2 is 1.67 bits per heavy atom. The van der Waals surface area contributed by atoms with Crippen LogP contribution in [0.5, 0.6) is 11.5 Å². The molecule has 21 heavy (non-hydrogen) atoms. The number of nitrogen functional groups attached to an aromatic ring is 1. The Morgan fingerprint density at radius 3 is 2.48 bits per heavy atom. The predicted molar refractivity (Wildman–Crippen MR) is 82.7 cm³/mol. The molecule has 0 saturated carbocycles. The fourth-order valence-corrected chi connectivity index (χ4v) is 1.85. The maximum Gasteiger partial charge on any atom is 0.150 e. The molecule has 5 nitrogen and oxygen atoms in total. The second-order valence-electron chi connectivity index (χ2n) is 4.36. The molecule has 0 fully saturated rings. The summed E-state index contributed by atoms with van der Waals surface area (Å²) in [6.07, 6.45) is 1.42. The van der Waals surface area contributed by atoms with E-state index in [1.807, 2.05) is 54.6 Å². The summed E-state index contributed by atoms with van der Waals surface area (Å²) in [7, 11) is 0. The van der Waals surface area contributed by atoms with Crippen LogP contribution in [0.1, 0.15) is 0 Å². The molecule has 1 aromatic heterocycles. The Morgan fingerprint density at radius 1 is 0.905 bits per heavy atom. The SMILES string of the molecule is Nc1cc(Nc2ccccc2Oc2ccccc2)ncn1. The predicted octanol–water partition coefficient (Wildman–Crippen LogP) is 3.59. The summed E-state index contributed by atoms with van der Waals surface area (Å²) >= 11 is 0. The van der Waals surface area contributed by atoms with E-state index in [-0.39, 0.29) is 0 Å². The molecule has 5 heteroatoms. The van der Waals surface area contributed by atoms with E-state index in [2.05, 4.69) is 15.3 Å². The van der Waals surface area contributed by atoms with E-state index in [1.54, 1.807) is 6.07 Å². The number of nitrogens with one attached hydrogen (secondary N) is 1. The van der Waals surface area contributed by atoms with Crippen LogP contribution in [-0.4, -0.2) is 9.97 Å². The molecule has 0 aliphatic heterocycles. The van der Waals surface area contributed by atoms with E-state index in [9.17, 15) is 0 Å². The number of hydrogen-bond donors (Lipinski definition) is 2. The van der Waals surface area contributed by atoms with Crippen molar-refractivity contribution in [2.45, 2.75) is 0 Å². The van der Waals surface area contributed by atoms with Gasteiger partial charge in [0.25, 0.3) is 0 Å². The molecule has 0 saturated heterocycles. The minimum absolute atomic E-state index is 0.411. The van der Waals surface area contributed by atoms with Gasteiger partial charge in [0, 0.05) is 6.07 Å². The van der Waals surface area contributed by atoms with E-state index < -0.39 is 0 Å². The number of anilines is 3. The quantitative estimate of drug-likeness (QED) is 0.763. The third-order valence-corrected chi connectivity index (χ3v) is 2.81. The minimum atomic E-state index is 0.411. The molecule has 0 aliphatic carbocycles. The number of aromatic nitrogens is 2. The van der Waals surface area contributed by atoms with Gasteiger partial charge in [0.1, 0.15) is 23.7 Å². The lowest BCUT2D eigenvalue weighted by Crippen LogP contribution is -1.98. The zero-order chi connectivity index (χ0) is 14.5. The fraction of sp³-hybridized carbons (Fsp3) is 0.